The van der Waals surface area contributed by atoms with Crippen LogP contribution in [0.4, 0.5) is 8.78 Å². The van der Waals surface area contributed by atoms with Gasteiger partial charge in [-0.05, 0) is 48.4 Å². The van der Waals surface area contributed by atoms with E-state index in [1.54, 1.807) is 36.1 Å². The van der Waals surface area contributed by atoms with E-state index in [1.807, 2.05) is 36.0 Å². The second kappa shape index (κ2) is 9.27. The highest BCUT2D eigenvalue weighted by Crippen LogP contribution is 2.30. The molecule has 1 aromatic carbocycles. The summed E-state index contributed by atoms with van der Waals surface area (Å²) in [5.74, 6) is -1.75. The first-order chi connectivity index (χ1) is 17.2. The van der Waals surface area contributed by atoms with E-state index in [-0.39, 0.29) is 28.5 Å². The minimum Gasteiger partial charge on any atom is -0.300 e. The highest BCUT2D eigenvalue weighted by atomic mass is 32.2. The van der Waals surface area contributed by atoms with E-state index in [2.05, 4.69) is 15.1 Å². The van der Waals surface area contributed by atoms with Crippen LogP contribution in [-0.2, 0) is 22.6 Å². The molecule has 0 saturated heterocycles. The van der Waals surface area contributed by atoms with E-state index in [0.717, 1.165) is 23.3 Å². The molecule has 0 aliphatic rings. The van der Waals surface area contributed by atoms with Crippen LogP contribution in [-0.4, -0.2) is 38.3 Å². The molecule has 0 N–H and O–H groups in total. The maximum absolute atomic E-state index is 14.6. The van der Waals surface area contributed by atoms with Gasteiger partial charge in [0, 0.05) is 42.2 Å². The SMILES string of the molecule is CCCS(=O)(=O)Cc1cc(-c2cnc3cc(-c4cnn(C)c4)ccn23)cc(-c2ccc(F)cc2F)n1. The first-order valence-electron chi connectivity index (χ1n) is 11.4. The Labute approximate surface area is 207 Å². The second-order valence-corrected chi connectivity index (χ2v) is 10.8. The zero-order valence-corrected chi connectivity index (χ0v) is 20.5. The fraction of sp³-hybridized carbons (Fsp3) is 0.192. The van der Waals surface area contributed by atoms with Crippen LogP contribution < -0.4 is 0 Å². The third kappa shape index (κ3) is 4.76. The fourth-order valence-electron chi connectivity index (χ4n) is 4.20. The monoisotopic (exact) mass is 507 g/mol. The summed E-state index contributed by atoms with van der Waals surface area (Å²) in [5.41, 5.74) is 4.46. The van der Waals surface area contributed by atoms with Crippen molar-refractivity contribution in [2.75, 3.05) is 5.75 Å². The van der Waals surface area contributed by atoms with Crippen molar-refractivity contribution in [3.05, 3.63) is 84.6 Å². The van der Waals surface area contributed by atoms with Gasteiger partial charge < -0.3 is 0 Å². The van der Waals surface area contributed by atoms with E-state index in [0.29, 0.717) is 23.3 Å². The largest absolute Gasteiger partial charge is 0.300 e. The van der Waals surface area contributed by atoms with Crippen molar-refractivity contribution in [3.63, 3.8) is 0 Å². The number of rotatable bonds is 7. The quantitative estimate of drug-likeness (QED) is 0.307. The van der Waals surface area contributed by atoms with Gasteiger partial charge in [-0.2, -0.15) is 5.10 Å². The Kier molecular flexibility index (Phi) is 6.13. The molecule has 0 radical (unpaired) electrons. The number of imidazole rings is 1. The average molecular weight is 508 g/mol. The Morgan fingerprint density at radius 1 is 0.972 bits per heavy atom. The van der Waals surface area contributed by atoms with Gasteiger partial charge in [-0.3, -0.25) is 14.1 Å². The predicted octanol–water partition coefficient (Wildman–Crippen LogP) is 5.07. The molecule has 0 spiro atoms. The van der Waals surface area contributed by atoms with Crippen LogP contribution in [0.1, 0.15) is 19.0 Å². The number of pyridine rings is 2. The molecule has 5 rings (SSSR count). The number of sulfone groups is 1. The number of hydrogen-bond acceptors (Lipinski definition) is 5. The van der Waals surface area contributed by atoms with Crippen molar-refractivity contribution in [3.8, 4) is 33.6 Å². The van der Waals surface area contributed by atoms with Gasteiger partial charge in [0.1, 0.15) is 17.3 Å². The third-order valence-corrected chi connectivity index (χ3v) is 7.58. The standard InChI is InChI=1S/C26H23F2N5O2S/c1-3-8-36(34,35)16-21-9-18(10-24(31-21)22-5-4-20(27)12-23(22)28)25-14-29-26-11-17(6-7-33(25)26)19-13-30-32(2)15-19/h4-7,9-15H,3,8,16H2,1-2H3. The smallest absolute Gasteiger partial charge is 0.155 e. The van der Waals surface area contributed by atoms with Gasteiger partial charge in [-0.15, -0.1) is 0 Å². The molecule has 4 aromatic heterocycles. The molecule has 36 heavy (non-hydrogen) atoms. The van der Waals surface area contributed by atoms with Gasteiger partial charge in [0.2, 0.25) is 0 Å². The molecule has 0 saturated carbocycles. The number of nitrogens with zero attached hydrogens (tertiary/aromatic N) is 5. The molecular weight excluding hydrogens is 484 g/mol. The number of aryl methyl sites for hydroxylation is 1. The zero-order chi connectivity index (χ0) is 25.4. The summed E-state index contributed by atoms with van der Waals surface area (Å²) in [6.45, 7) is 1.79. The fourth-order valence-corrected chi connectivity index (χ4v) is 5.56. The van der Waals surface area contributed by atoms with Crippen LogP contribution in [0.3, 0.4) is 0 Å². The summed E-state index contributed by atoms with van der Waals surface area (Å²) in [7, 11) is -1.56. The topological polar surface area (TPSA) is 82.1 Å². The Balaban J connectivity index is 1.64. The van der Waals surface area contributed by atoms with Crippen LogP contribution in [0.25, 0.3) is 39.3 Å². The van der Waals surface area contributed by atoms with Crippen LogP contribution in [0.5, 0.6) is 0 Å². The molecule has 10 heteroatoms. The first kappa shape index (κ1) is 23.8. The highest BCUT2D eigenvalue weighted by molar-refractivity contribution is 7.90. The normalized spacial score (nSPS) is 11.9. The van der Waals surface area contributed by atoms with E-state index in [4.69, 9.17) is 0 Å². The summed E-state index contributed by atoms with van der Waals surface area (Å²) in [4.78, 5) is 8.95. The van der Waals surface area contributed by atoms with Crippen molar-refractivity contribution >= 4 is 15.5 Å². The lowest BCUT2D eigenvalue weighted by Gasteiger charge is -2.11. The molecule has 4 heterocycles. The molecule has 0 unspecified atom stereocenters. The van der Waals surface area contributed by atoms with Crippen LogP contribution in [0, 0.1) is 11.6 Å². The van der Waals surface area contributed by atoms with E-state index < -0.39 is 21.5 Å². The van der Waals surface area contributed by atoms with Crippen molar-refractivity contribution in [1.82, 2.24) is 24.1 Å². The molecule has 0 aliphatic heterocycles. The molecule has 0 atom stereocenters. The molecular formula is C26H23F2N5O2S. The second-order valence-electron chi connectivity index (χ2n) is 8.64. The first-order valence-corrected chi connectivity index (χ1v) is 13.2. The molecule has 184 valence electrons. The molecule has 5 aromatic rings. The highest BCUT2D eigenvalue weighted by Gasteiger charge is 2.18. The van der Waals surface area contributed by atoms with Crippen molar-refractivity contribution in [2.45, 2.75) is 19.1 Å². The van der Waals surface area contributed by atoms with Crippen LogP contribution in [0.2, 0.25) is 0 Å². The summed E-state index contributed by atoms with van der Waals surface area (Å²) in [6, 6.07) is 10.4. The summed E-state index contributed by atoms with van der Waals surface area (Å²) in [5, 5.41) is 4.21. The minimum absolute atomic E-state index is 0.0197. The Hall–Kier alpha value is -3.92. The van der Waals surface area contributed by atoms with E-state index in [9.17, 15) is 17.2 Å². The summed E-state index contributed by atoms with van der Waals surface area (Å²) in [6.07, 6.45) is 7.70. The maximum Gasteiger partial charge on any atom is 0.155 e. The van der Waals surface area contributed by atoms with Gasteiger partial charge >= 0.3 is 0 Å². The van der Waals surface area contributed by atoms with Gasteiger partial charge in [0.15, 0.2) is 9.84 Å². The van der Waals surface area contributed by atoms with Crippen molar-refractivity contribution in [1.29, 1.82) is 0 Å². The van der Waals surface area contributed by atoms with E-state index in [1.165, 1.54) is 6.07 Å². The summed E-state index contributed by atoms with van der Waals surface area (Å²) >= 11 is 0. The molecule has 0 aliphatic carbocycles. The maximum atomic E-state index is 14.6. The van der Waals surface area contributed by atoms with Gasteiger partial charge in [-0.25, -0.2) is 22.2 Å². The number of benzene rings is 1. The molecule has 7 nitrogen and oxygen atoms in total. The van der Waals surface area contributed by atoms with Gasteiger partial charge in [-0.1, -0.05) is 6.92 Å². The zero-order valence-electron chi connectivity index (χ0n) is 19.7. The number of halogens is 2. The Morgan fingerprint density at radius 2 is 1.81 bits per heavy atom. The lowest BCUT2D eigenvalue weighted by atomic mass is 10.1. The summed E-state index contributed by atoms with van der Waals surface area (Å²) < 4.78 is 56.9. The molecule has 0 fully saturated rings. The van der Waals surface area contributed by atoms with Gasteiger partial charge in [0.25, 0.3) is 0 Å². The lowest BCUT2D eigenvalue weighted by molar-refractivity contribution is 0.585. The number of hydrogen-bond donors (Lipinski definition) is 0. The molecule has 0 bridgehead atoms. The lowest BCUT2D eigenvalue weighted by Crippen LogP contribution is -2.10. The predicted molar refractivity (Wildman–Crippen MR) is 134 cm³/mol. The third-order valence-electron chi connectivity index (χ3n) is 5.82. The van der Waals surface area contributed by atoms with Crippen molar-refractivity contribution in [2.24, 2.45) is 7.05 Å². The minimum atomic E-state index is -3.41. The van der Waals surface area contributed by atoms with Gasteiger partial charge in [0.05, 0.1) is 41.0 Å². The average Bonchev–Trinajstić information content (AvgIpc) is 3.44. The van der Waals surface area contributed by atoms with Crippen molar-refractivity contribution < 1.29 is 17.2 Å². The molecule has 0 amide bonds. The number of aromatic nitrogens is 5. The van der Waals surface area contributed by atoms with Crippen LogP contribution >= 0.6 is 0 Å². The Morgan fingerprint density at radius 3 is 2.53 bits per heavy atom. The Bertz CT molecular complexity index is 1690. The number of fused-ring (bicyclic) bond motifs is 1. The van der Waals surface area contributed by atoms with E-state index >= 15 is 0 Å². The van der Waals surface area contributed by atoms with Crippen LogP contribution in [0.15, 0.2) is 67.3 Å².